The number of hydrogen-bond donors (Lipinski definition) is 4. The Labute approximate surface area is 188 Å². The number of carbonyl (C=O) groups is 3. The van der Waals surface area contributed by atoms with Crippen LogP contribution in [0.4, 0.5) is 5.95 Å². The third kappa shape index (κ3) is 6.11. The smallest absolute Gasteiger partial charge is 0.303 e. The van der Waals surface area contributed by atoms with Gasteiger partial charge in [0.1, 0.15) is 5.56 Å². The molecule has 4 N–H and O–H groups in total. The Morgan fingerprint density at radius 1 is 1.06 bits per heavy atom. The molecule has 0 saturated heterocycles. The molecule has 0 bridgehead atoms. The van der Waals surface area contributed by atoms with Crippen molar-refractivity contribution in [2.75, 3.05) is 5.32 Å². The van der Waals surface area contributed by atoms with Crippen LogP contribution in [0.2, 0.25) is 0 Å². The van der Waals surface area contributed by atoms with E-state index in [-0.39, 0.29) is 30.9 Å². The Morgan fingerprint density at radius 2 is 1.85 bits per heavy atom. The van der Waals surface area contributed by atoms with Crippen LogP contribution in [-0.4, -0.2) is 38.0 Å². The molecule has 0 radical (unpaired) electrons. The maximum atomic E-state index is 12.5. The van der Waals surface area contributed by atoms with Crippen molar-refractivity contribution < 1.29 is 24.6 Å². The number of nitrogens with one attached hydrogen (secondary N) is 2. The molecule has 0 fully saturated rings. The van der Waals surface area contributed by atoms with Crippen molar-refractivity contribution in [2.24, 2.45) is 0 Å². The number of carboxylic acid groups (broad SMARTS) is 1. The first-order valence-corrected chi connectivity index (χ1v) is 9.81. The first kappa shape index (κ1) is 22.9. The average molecular weight is 445 g/mol. The van der Waals surface area contributed by atoms with E-state index in [0.717, 1.165) is 22.9 Å². The van der Waals surface area contributed by atoms with E-state index in [1.807, 2.05) is 36.4 Å². The van der Waals surface area contributed by atoms with Gasteiger partial charge in [0.05, 0.1) is 18.1 Å². The van der Waals surface area contributed by atoms with Gasteiger partial charge >= 0.3 is 5.97 Å². The van der Waals surface area contributed by atoms with Gasteiger partial charge in [0, 0.05) is 19.2 Å². The molecule has 2 amide bonds. The highest BCUT2D eigenvalue weighted by Crippen LogP contribution is 2.24. The lowest BCUT2D eigenvalue weighted by Crippen LogP contribution is -2.24. The summed E-state index contributed by atoms with van der Waals surface area (Å²) >= 11 is 0. The van der Waals surface area contributed by atoms with E-state index in [0.29, 0.717) is 5.56 Å². The van der Waals surface area contributed by atoms with Crippen molar-refractivity contribution in [3.8, 4) is 23.1 Å². The van der Waals surface area contributed by atoms with Crippen molar-refractivity contribution in [1.29, 1.82) is 5.26 Å². The van der Waals surface area contributed by atoms with Gasteiger partial charge in [-0.2, -0.15) is 10.2 Å². The number of carbonyl (C=O) groups excluding carboxylic acids is 2. The lowest BCUT2D eigenvalue weighted by atomic mass is 9.99. The maximum Gasteiger partial charge on any atom is 0.303 e. The molecule has 0 spiro atoms. The van der Waals surface area contributed by atoms with Crippen LogP contribution in [0.25, 0.3) is 11.1 Å². The molecule has 0 aliphatic heterocycles. The number of aromatic nitrogens is 2. The van der Waals surface area contributed by atoms with Gasteiger partial charge in [-0.15, -0.1) is 0 Å². The minimum atomic E-state index is -1.12. The third-order valence-electron chi connectivity index (χ3n) is 4.57. The SMILES string of the molecule is N#Cc1ccccc1-c1cccc(CNC(=O)c2cnc(NC(=O)CCC(=O)O)nc2O)c1. The predicted molar refractivity (Wildman–Crippen MR) is 117 cm³/mol. The van der Waals surface area contributed by atoms with Crippen molar-refractivity contribution in [3.63, 3.8) is 0 Å². The molecule has 10 heteroatoms. The largest absolute Gasteiger partial charge is 0.493 e. The molecule has 3 aromatic rings. The van der Waals surface area contributed by atoms with Crippen molar-refractivity contribution >= 4 is 23.7 Å². The number of nitriles is 1. The van der Waals surface area contributed by atoms with Crippen LogP contribution in [0.15, 0.2) is 54.7 Å². The molecule has 0 unspecified atom stereocenters. The number of benzene rings is 2. The van der Waals surface area contributed by atoms with E-state index in [1.54, 1.807) is 12.1 Å². The Bertz CT molecular complexity index is 1250. The fourth-order valence-electron chi connectivity index (χ4n) is 2.96. The molecule has 3 rings (SSSR count). The van der Waals surface area contributed by atoms with E-state index in [9.17, 15) is 24.8 Å². The zero-order valence-electron chi connectivity index (χ0n) is 17.3. The summed E-state index contributed by atoms with van der Waals surface area (Å²) in [4.78, 5) is 42.1. The molecule has 10 nitrogen and oxygen atoms in total. The summed E-state index contributed by atoms with van der Waals surface area (Å²) in [5.74, 6) is -3.26. The summed E-state index contributed by atoms with van der Waals surface area (Å²) < 4.78 is 0. The predicted octanol–water partition coefficient (Wildman–Crippen LogP) is 2.45. The van der Waals surface area contributed by atoms with Crippen LogP contribution in [0, 0.1) is 11.3 Å². The standard InChI is InChI=1S/C23H19N5O5/c24-11-16-5-1-2-7-17(16)15-6-3-4-14(10-15)12-25-21(32)18-13-26-23(28-22(18)33)27-19(29)8-9-20(30)31/h1-7,10,13H,8-9,12H2,(H,25,32)(H,30,31)(H2,26,27,28,29,33). The van der Waals surface area contributed by atoms with Crippen LogP contribution in [0.5, 0.6) is 5.88 Å². The third-order valence-corrected chi connectivity index (χ3v) is 4.57. The molecule has 0 aliphatic carbocycles. The van der Waals surface area contributed by atoms with E-state index < -0.39 is 23.7 Å². The number of rotatable bonds is 8. The number of hydrogen-bond acceptors (Lipinski definition) is 7. The minimum absolute atomic E-state index is 0.147. The van der Waals surface area contributed by atoms with E-state index in [2.05, 4.69) is 26.7 Å². The second-order valence-electron chi connectivity index (χ2n) is 6.91. The van der Waals surface area contributed by atoms with Gasteiger partial charge in [0.2, 0.25) is 17.7 Å². The molecule has 1 aromatic heterocycles. The monoisotopic (exact) mass is 445 g/mol. The molecule has 33 heavy (non-hydrogen) atoms. The second-order valence-corrected chi connectivity index (χ2v) is 6.91. The van der Waals surface area contributed by atoms with Crippen molar-refractivity contribution in [2.45, 2.75) is 19.4 Å². The van der Waals surface area contributed by atoms with Gasteiger partial charge in [0.15, 0.2) is 0 Å². The van der Waals surface area contributed by atoms with Gasteiger partial charge in [-0.25, -0.2) is 4.98 Å². The first-order chi connectivity index (χ1) is 15.9. The highest BCUT2D eigenvalue weighted by atomic mass is 16.4. The Kier molecular flexibility index (Phi) is 7.28. The number of anilines is 1. The first-order valence-electron chi connectivity index (χ1n) is 9.81. The lowest BCUT2D eigenvalue weighted by Gasteiger charge is -2.10. The summed E-state index contributed by atoms with van der Waals surface area (Å²) in [6.45, 7) is 0.147. The summed E-state index contributed by atoms with van der Waals surface area (Å²) in [5, 5.41) is 32.9. The molecular formula is C23H19N5O5. The maximum absolute atomic E-state index is 12.5. The molecule has 0 atom stereocenters. The Hall–Kier alpha value is -4.78. The number of aromatic hydroxyl groups is 1. The van der Waals surface area contributed by atoms with Gasteiger partial charge in [0.25, 0.3) is 5.91 Å². The molecule has 0 saturated carbocycles. The van der Waals surface area contributed by atoms with Gasteiger partial charge < -0.3 is 15.5 Å². The topological polar surface area (TPSA) is 165 Å². The van der Waals surface area contributed by atoms with Gasteiger partial charge in [-0.05, 0) is 28.8 Å². The second kappa shape index (κ2) is 10.5. The summed E-state index contributed by atoms with van der Waals surface area (Å²) in [5.41, 5.74) is 2.73. The van der Waals surface area contributed by atoms with Crippen molar-refractivity contribution in [3.05, 3.63) is 71.4 Å². The van der Waals surface area contributed by atoms with Crippen molar-refractivity contribution in [1.82, 2.24) is 15.3 Å². The molecule has 0 aliphatic rings. The van der Waals surface area contributed by atoms with Crippen LogP contribution in [0.3, 0.4) is 0 Å². The van der Waals surface area contributed by atoms with Crippen LogP contribution >= 0.6 is 0 Å². The number of amides is 2. The number of carboxylic acids is 1. The zero-order chi connectivity index (χ0) is 23.8. The van der Waals surface area contributed by atoms with Gasteiger partial charge in [-0.1, -0.05) is 36.4 Å². The molecular weight excluding hydrogens is 426 g/mol. The quantitative estimate of drug-likeness (QED) is 0.410. The highest BCUT2D eigenvalue weighted by Gasteiger charge is 2.16. The zero-order valence-corrected chi connectivity index (χ0v) is 17.3. The Balaban J connectivity index is 1.65. The molecule has 2 aromatic carbocycles. The van der Waals surface area contributed by atoms with Crippen LogP contribution in [0.1, 0.15) is 34.3 Å². The minimum Gasteiger partial charge on any atom is -0.493 e. The van der Waals surface area contributed by atoms with E-state index in [4.69, 9.17) is 5.11 Å². The summed E-state index contributed by atoms with van der Waals surface area (Å²) in [7, 11) is 0. The fraction of sp³-hybridized carbons (Fsp3) is 0.130. The van der Waals surface area contributed by atoms with Crippen LogP contribution in [-0.2, 0) is 16.1 Å². The van der Waals surface area contributed by atoms with E-state index in [1.165, 1.54) is 0 Å². The van der Waals surface area contributed by atoms with Gasteiger partial charge in [-0.3, -0.25) is 19.7 Å². The fourth-order valence-corrected chi connectivity index (χ4v) is 2.96. The average Bonchev–Trinajstić information content (AvgIpc) is 2.81. The molecule has 1 heterocycles. The molecule has 166 valence electrons. The lowest BCUT2D eigenvalue weighted by molar-refractivity contribution is -0.138. The highest BCUT2D eigenvalue weighted by molar-refractivity contribution is 5.96. The van der Waals surface area contributed by atoms with E-state index >= 15 is 0 Å². The number of aliphatic carboxylic acids is 1. The summed E-state index contributed by atoms with van der Waals surface area (Å²) in [6.07, 6.45) is 0.422. The normalized spacial score (nSPS) is 10.2. The van der Waals surface area contributed by atoms with Crippen LogP contribution < -0.4 is 10.6 Å². The number of nitrogens with zero attached hydrogens (tertiary/aromatic N) is 3. The Morgan fingerprint density at radius 3 is 2.58 bits per heavy atom. The summed E-state index contributed by atoms with van der Waals surface area (Å²) in [6, 6.07) is 16.7.